The molecule has 0 aliphatic heterocycles. The van der Waals surface area contributed by atoms with Crippen LogP contribution in [0, 0.1) is 0 Å². The standard InChI is InChI=1S/C11H21N3O/c1-4-5-6-12-11-13-7-8-14(11)9-10(2)15-3/h7-8,10H,4-6,9H2,1-3H3,(H,12,13). The molecule has 0 amide bonds. The zero-order valence-electron chi connectivity index (χ0n) is 9.86. The van der Waals surface area contributed by atoms with Gasteiger partial charge in [0.25, 0.3) is 0 Å². The third kappa shape index (κ3) is 3.91. The topological polar surface area (TPSA) is 39.1 Å². The number of methoxy groups -OCH3 is 1. The molecule has 1 aromatic rings. The van der Waals surface area contributed by atoms with Crippen LogP contribution in [0.5, 0.6) is 0 Å². The molecule has 0 saturated carbocycles. The van der Waals surface area contributed by atoms with E-state index in [1.54, 1.807) is 7.11 Å². The number of rotatable bonds is 7. The van der Waals surface area contributed by atoms with Gasteiger partial charge < -0.3 is 14.6 Å². The minimum absolute atomic E-state index is 0.214. The Hall–Kier alpha value is -1.03. The molecule has 86 valence electrons. The molecule has 1 N–H and O–H groups in total. The second-order valence-electron chi connectivity index (χ2n) is 3.73. The first-order chi connectivity index (χ1) is 7.27. The summed E-state index contributed by atoms with van der Waals surface area (Å²) in [5.74, 6) is 0.937. The van der Waals surface area contributed by atoms with Gasteiger partial charge >= 0.3 is 0 Å². The molecule has 15 heavy (non-hydrogen) atoms. The lowest BCUT2D eigenvalue weighted by Crippen LogP contribution is -2.17. The smallest absolute Gasteiger partial charge is 0.202 e. The number of imidazole rings is 1. The largest absolute Gasteiger partial charge is 0.380 e. The molecular weight excluding hydrogens is 190 g/mol. The first-order valence-corrected chi connectivity index (χ1v) is 5.55. The van der Waals surface area contributed by atoms with Crippen LogP contribution in [0.25, 0.3) is 0 Å². The van der Waals surface area contributed by atoms with Crippen LogP contribution in [-0.2, 0) is 11.3 Å². The summed E-state index contributed by atoms with van der Waals surface area (Å²) >= 11 is 0. The lowest BCUT2D eigenvalue weighted by Gasteiger charge is -2.13. The van der Waals surface area contributed by atoms with Crippen molar-refractivity contribution in [2.75, 3.05) is 19.0 Å². The van der Waals surface area contributed by atoms with Gasteiger partial charge in [-0.25, -0.2) is 4.98 Å². The fourth-order valence-corrected chi connectivity index (χ4v) is 1.35. The molecule has 0 aliphatic carbocycles. The quantitative estimate of drug-likeness (QED) is 0.702. The number of hydrogen-bond acceptors (Lipinski definition) is 3. The lowest BCUT2D eigenvalue weighted by molar-refractivity contribution is 0.104. The summed E-state index contributed by atoms with van der Waals surface area (Å²) in [5, 5.41) is 3.32. The Labute approximate surface area is 91.7 Å². The number of unbranched alkanes of at least 4 members (excludes halogenated alkanes) is 1. The van der Waals surface area contributed by atoms with Gasteiger partial charge in [-0.15, -0.1) is 0 Å². The fraction of sp³-hybridized carbons (Fsp3) is 0.727. The van der Waals surface area contributed by atoms with Crippen molar-refractivity contribution in [1.82, 2.24) is 9.55 Å². The maximum absolute atomic E-state index is 5.23. The van der Waals surface area contributed by atoms with Gasteiger partial charge in [-0.1, -0.05) is 13.3 Å². The van der Waals surface area contributed by atoms with Crippen LogP contribution in [0.15, 0.2) is 12.4 Å². The van der Waals surface area contributed by atoms with E-state index >= 15 is 0 Å². The van der Waals surface area contributed by atoms with Crippen LogP contribution < -0.4 is 5.32 Å². The highest BCUT2D eigenvalue weighted by Crippen LogP contribution is 2.06. The lowest BCUT2D eigenvalue weighted by atomic mass is 10.3. The van der Waals surface area contributed by atoms with Crippen molar-refractivity contribution >= 4 is 5.95 Å². The van der Waals surface area contributed by atoms with Crippen LogP contribution >= 0.6 is 0 Å². The van der Waals surface area contributed by atoms with Gasteiger partial charge in [-0.05, 0) is 13.3 Å². The third-order valence-electron chi connectivity index (χ3n) is 2.39. The third-order valence-corrected chi connectivity index (χ3v) is 2.39. The summed E-state index contributed by atoms with van der Waals surface area (Å²) in [6.45, 7) is 6.05. The molecule has 1 rings (SSSR count). The zero-order chi connectivity index (χ0) is 11.1. The van der Waals surface area contributed by atoms with Crippen LogP contribution in [-0.4, -0.2) is 29.3 Å². The van der Waals surface area contributed by atoms with E-state index in [-0.39, 0.29) is 6.10 Å². The van der Waals surface area contributed by atoms with E-state index < -0.39 is 0 Å². The summed E-state index contributed by atoms with van der Waals surface area (Å²) < 4.78 is 7.31. The van der Waals surface area contributed by atoms with Crippen LogP contribution in [0.4, 0.5) is 5.95 Å². The van der Waals surface area contributed by atoms with E-state index in [4.69, 9.17) is 4.74 Å². The molecule has 1 atom stereocenters. The van der Waals surface area contributed by atoms with Crippen molar-refractivity contribution in [3.05, 3.63) is 12.4 Å². The molecule has 4 heteroatoms. The Morgan fingerprint density at radius 3 is 3.07 bits per heavy atom. The normalized spacial score (nSPS) is 12.7. The maximum Gasteiger partial charge on any atom is 0.202 e. The molecular formula is C11H21N3O. The molecule has 0 aliphatic rings. The van der Waals surface area contributed by atoms with Gasteiger partial charge in [-0.3, -0.25) is 0 Å². The van der Waals surface area contributed by atoms with E-state index in [0.29, 0.717) is 0 Å². The highest BCUT2D eigenvalue weighted by molar-refractivity contribution is 5.25. The summed E-state index contributed by atoms with van der Waals surface area (Å²) in [5.41, 5.74) is 0. The maximum atomic E-state index is 5.23. The van der Waals surface area contributed by atoms with Gasteiger partial charge in [-0.2, -0.15) is 0 Å². The molecule has 1 unspecified atom stereocenters. The molecule has 0 spiro atoms. The van der Waals surface area contributed by atoms with Crippen molar-refractivity contribution < 1.29 is 4.74 Å². The second-order valence-corrected chi connectivity index (χ2v) is 3.73. The number of anilines is 1. The van der Waals surface area contributed by atoms with E-state index in [0.717, 1.165) is 19.0 Å². The molecule has 0 saturated heterocycles. The Morgan fingerprint density at radius 1 is 1.60 bits per heavy atom. The monoisotopic (exact) mass is 211 g/mol. The first-order valence-electron chi connectivity index (χ1n) is 5.55. The molecule has 4 nitrogen and oxygen atoms in total. The Morgan fingerprint density at radius 2 is 2.40 bits per heavy atom. The summed E-state index contributed by atoms with van der Waals surface area (Å²) in [7, 11) is 1.73. The van der Waals surface area contributed by atoms with Crippen molar-refractivity contribution in [1.29, 1.82) is 0 Å². The van der Waals surface area contributed by atoms with Gasteiger partial charge in [0.05, 0.1) is 12.6 Å². The highest BCUT2D eigenvalue weighted by Gasteiger charge is 2.05. The molecule has 0 fully saturated rings. The van der Waals surface area contributed by atoms with Gasteiger partial charge in [0, 0.05) is 26.0 Å². The van der Waals surface area contributed by atoms with Crippen LogP contribution in [0.2, 0.25) is 0 Å². The predicted octanol–water partition coefficient (Wildman–Crippen LogP) is 2.13. The number of hydrogen-bond donors (Lipinski definition) is 1. The number of ether oxygens (including phenoxy) is 1. The molecule has 1 aromatic heterocycles. The minimum Gasteiger partial charge on any atom is -0.380 e. The molecule has 0 aromatic carbocycles. The average molecular weight is 211 g/mol. The summed E-state index contributed by atoms with van der Waals surface area (Å²) in [6.07, 6.45) is 6.38. The predicted molar refractivity (Wildman–Crippen MR) is 62.1 cm³/mol. The van der Waals surface area contributed by atoms with E-state index in [1.165, 1.54) is 12.8 Å². The van der Waals surface area contributed by atoms with Crippen molar-refractivity contribution in [3.8, 4) is 0 Å². The van der Waals surface area contributed by atoms with Crippen LogP contribution in [0.3, 0.4) is 0 Å². The number of aromatic nitrogens is 2. The SMILES string of the molecule is CCCCNc1nccn1CC(C)OC. The first kappa shape index (κ1) is 12.0. The zero-order valence-corrected chi connectivity index (χ0v) is 9.86. The van der Waals surface area contributed by atoms with Crippen molar-refractivity contribution in [2.24, 2.45) is 0 Å². The number of nitrogens with one attached hydrogen (secondary N) is 1. The fourth-order valence-electron chi connectivity index (χ4n) is 1.35. The molecule has 1 heterocycles. The van der Waals surface area contributed by atoms with Crippen molar-refractivity contribution in [2.45, 2.75) is 39.3 Å². The highest BCUT2D eigenvalue weighted by atomic mass is 16.5. The minimum atomic E-state index is 0.214. The van der Waals surface area contributed by atoms with Gasteiger partial charge in [0.2, 0.25) is 5.95 Å². The number of nitrogens with zero attached hydrogens (tertiary/aromatic N) is 2. The van der Waals surface area contributed by atoms with Gasteiger partial charge in [0.1, 0.15) is 0 Å². The van der Waals surface area contributed by atoms with E-state index in [9.17, 15) is 0 Å². The molecule has 0 bridgehead atoms. The van der Waals surface area contributed by atoms with Crippen LogP contribution in [0.1, 0.15) is 26.7 Å². The Balaban J connectivity index is 2.45. The van der Waals surface area contributed by atoms with Gasteiger partial charge in [0.15, 0.2) is 0 Å². The average Bonchev–Trinajstić information content (AvgIpc) is 2.66. The van der Waals surface area contributed by atoms with Crippen molar-refractivity contribution in [3.63, 3.8) is 0 Å². The Bertz CT molecular complexity index is 273. The summed E-state index contributed by atoms with van der Waals surface area (Å²) in [4.78, 5) is 4.27. The van der Waals surface area contributed by atoms with E-state index in [1.807, 2.05) is 12.4 Å². The summed E-state index contributed by atoms with van der Waals surface area (Å²) in [6, 6.07) is 0. The Kier molecular flexibility index (Phi) is 5.18. The second kappa shape index (κ2) is 6.45. The van der Waals surface area contributed by atoms with E-state index in [2.05, 4.69) is 28.7 Å². The molecule has 0 radical (unpaired) electrons.